The van der Waals surface area contributed by atoms with Crippen LogP contribution in [0, 0.1) is 0 Å². The van der Waals surface area contributed by atoms with Gasteiger partial charge in [-0.1, -0.05) is 303 Å². The predicted octanol–water partition coefficient (Wildman–Crippen LogP) is 31.3. The van der Waals surface area contributed by atoms with Gasteiger partial charge in [-0.15, -0.1) is 22.7 Å². The highest BCUT2D eigenvalue weighted by atomic mass is 32.1. The van der Waals surface area contributed by atoms with E-state index in [2.05, 4.69) is 394 Å². The molecule has 0 fully saturated rings. The molecule has 582 valence electrons. The van der Waals surface area contributed by atoms with Gasteiger partial charge >= 0.3 is 0 Å². The van der Waals surface area contributed by atoms with Gasteiger partial charge in [0.15, 0.2) is 0 Å². The lowest BCUT2D eigenvalue weighted by Crippen LogP contribution is -2.03. The first-order valence-corrected chi connectivity index (χ1v) is 43.9. The smallest absolute Gasteiger partial charge is 0.235 e. The minimum atomic E-state index is 0.654. The Morgan fingerprint density at radius 2 is 0.600 bits per heavy atom. The number of rotatable bonds is 7. The number of thiophene rings is 2. The van der Waals surface area contributed by atoms with Crippen LogP contribution in [0.5, 0.6) is 0 Å². The molecule has 19 aromatic carbocycles. The molecule has 0 aliphatic carbocycles. The predicted molar refractivity (Wildman–Crippen MR) is 527 cm³/mol. The van der Waals surface area contributed by atoms with Gasteiger partial charge in [-0.05, 0) is 120 Å². The molecule has 0 unspecified atom stereocenters. The minimum Gasteiger partial charge on any atom is -0.455 e. The largest absolute Gasteiger partial charge is 0.455 e. The van der Waals surface area contributed by atoms with Crippen molar-refractivity contribution in [2.24, 2.45) is 0 Å². The van der Waals surface area contributed by atoms with Crippen LogP contribution in [0.2, 0.25) is 0 Å². The number of hydrogen-bond acceptors (Lipinski definition) is 7. The van der Waals surface area contributed by atoms with Gasteiger partial charge in [0.25, 0.3) is 0 Å². The SMILES string of the molecule is c1ccc(-c2nc(-n3c4ccccc4c4c5c6ccccc6oc5c5ccccc5c43)nc3ccccc23)cc1.c1ccc(-c2nc(-n3c4ccccc4c4c5c6ccccc6sc5c5ccccc5c43)nc3ccccc23)cc1.c1ccc(-n2c3ccccc3c3cc(-c4ccc5c(c4)c4ccccc4n5-c4ccc5sc6ccccc6c5c4)ccc32)cc1. The number of nitrogens with zero attached hydrogens (tertiary/aromatic N) is 8. The standard InChI is InChI=1S/C42H26N2S.C36H21N3O.C36H21N3S/c1-2-10-29(11-3-1)43-37-15-7-4-12-31(37)34-24-27(18-21-39(34)43)28-19-22-40-35(25-28)32-13-5-8-16-38(32)44(40)30-20-23-42-36(26-30)33-14-6-9-17-41(33)45-42;2*1-2-12-22(13-3-1)33-25-16-6-9-19-28(25)37-36(38-33)39-29-20-10-7-17-26(29)31-32-27-18-8-11-21-30(27)40-35(32)24-15-5-4-14-23(24)34(31)39/h1-26H;2*1-21H. The Bertz CT molecular complexity index is 8990. The number of hydrogen-bond donors (Lipinski definition) is 0. The van der Waals surface area contributed by atoms with Crippen LogP contribution < -0.4 is 0 Å². The van der Waals surface area contributed by atoms with Gasteiger partial charge in [-0.2, -0.15) is 0 Å². The van der Waals surface area contributed by atoms with E-state index >= 15 is 0 Å². The van der Waals surface area contributed by atoms with Crippen molar-refractivity contribution in [3.63, 3.8) is 0 Å². The molecule has 9 nitrogen and oxygen atoms in total. The number of para-hydroxylation sites is 8. The molecule has 0 N–H and O–H groups in total. The summed E-state index contributed by atoms with van der Waals surface area (Å²) in [6.45, 7) is 0. The van der Waals surface area contributed by atoms with Crippen LogP contribution in [-0.4, -0.2) is 38.2 Å². The molecule has 0 saturated carbocycles. The Kier molecular flexibility index (Phi) is 15.9. The van der Waals surface area contributed by atoms with E-state index in [1.54, 1.807) is 0 Å². The molecule has 0 amide bonds. The third-order valence-corrected chi connectivity index (χ3v) is 27.6. The van der Waals surface area contributed by atoms with E-state index in [9.17, 15) is 0 Å². The lowest BCUT2D eigenvalue weighted by atomic mass is 9.99. The first kappa shape index (κ1) is 70.6. The molecule has 0 saturated heterocycles. The maximum atomic E-state index is 6.53. The summed E-state index contributed by atoms with van der Waals surface area (Å²) in [6.07, 6.45) is 0. The topological polar surface area (TPSA) is 84.4 Å². The molecular weight excluding hydrogens is 1560 g/mol. The van der Waals surface area contributed by atoms with Crippen molar-refractivity contribution in [1.82, 2.24) is 38.2 Å². The summed E-state index contributed by atoms with van der Waals surface area (Å²) in [6, 6.07) is 147. The van der Waals surface area contributed by atoms with Gasteiger partial charge in [-0.3, -0.25) is 9.13 Å². The molecule has 0 bridgehead atoms. The van der Waals surface area contributed by atoms with Crippen LogP contribution in [0.3, 0.4) is 0 Å². The van der Waals surface area contributed by atoms with Crippen LogP contribution in [-0.2, 0) is 0 Å². The average molecular weight is 1630 g/mol. The first-order valence-electron chi connectivity index (χ1n) is 42.2. The average Bonchev–Trinajstić information content (AvgIpc) is 1.54. The van der Waals surface area contributed by atoms with Gasteiger partial charge < -0.3 is 13.6 Å². The molecule has 9 aromatic heterocycles. The maximum absolute atomic E-state index is 6.53. The Hall–Kier alpha value is -16.2. The third-order valence-electron chi connectivity index (χ3n) is 25.3. The molecule has 0 radical (unpaired) electrons. The van der Waals surface area contributed by atoms with Crippen molar-refractivity contribution in [3.05, 3.63) is 413 Å². The first-order chi connectivity index (χ1) is 62.0. The minimum absolute atomic E-state index is 0.654. The Labute approximate surface area is 722 Å². The van der Waals surface area contributed by atoms with Gasteiger partial charge in [0.05, 0.1) is 66.6 Å². The van der Waals surface area contributed by atoms with Crippen LogP contribution in [0.25, 0.3) is 250 Å². The molecule has 28 aromatic rings. The fourth-order valence-electron chi connectivity index (χ4n) is 19.9. The number of aromatic nitrogens is 8. The van der Waals surface area contributed by atoms with E-state index < -0.39 is 0 Å². The van der Waals surface area contributed by atoms with Crippen molar-refractivity contribution in [2.75, 3.05) is 0 Å². The molecule has 28 rings (SSSR count). The van der Waals surface area contributed by atoms with Gasteiger partial charge in [0.1, 0.15) is 11.2 Å². The van der Waals surface area contributed by atoms with Crippen LogP contribution in [0.4, 0.5) is 0 Å². The van der Waals surface area contributed by atoms with E-state index in [1.165, 1.54) is 128 Å². The van der Waals surface area contributed by atoms with Crippen LogP contribution in [0.1, 0.15) is 0 Å². The normalized spacial score (nSPS) is 12.0. The summed E-state index contributed by atoms with van der Waals surface area (Å²) in [7, 11) is 0. The Morgan fingerprint density at radius 1 is 0.208 bits per heavy atom. The molecule has 0 aliphatic heterocycles. The fraction of sp³-hybridized carbons (Fsp3) is 0. The molecule has 0 aliphatic rings. The van der Waals surface area contributed by atoms with E-state index in [0.29, 0.717) is 11.9 Å². The molecule has 125 heavy (non-hydrogen) atoms. The monoisotopic (exact) mass is 1630 g/mol. The zero-order valence-electron chi connectivity index (χ0n) is 67.1. The second kappa shape index (κ2) is 28.2. The molecule has 0 atom stereocenters. The highest BCUT2D eigenvalue weighted by molar-refractivity contribution is 7.27. The van der Waals surface area contributed by atoms with Crippen molar-refractivity contribution in [3.8, 4) is 56.9 Å². The highest BCUT2D eigenvalue weighted by Gasteiger charge is 2.28. The van der Waals surface area contributed by atoms with Gasteiger partial charge in [0, 0.05) is 149 Å². The van der Waals surface area contributed by atoms with E-state index in [1.807, 2.05) is 59.1 Å². The van der Waals surface area contributed by atoms with Gasteiger partial charge in [0.2, 0.25) is 11.9 Å². The highest BCUT2D eigenvalue weighted by Crippen LogP contribution is 2.51. The lowest BCUT2D eigenvalue weighted by Gasteiger charge is -2.13. The van der Waals surface area contributed by atoms with Crippen molar-refractivity contribution in [1.29, 1.82) is 0 Å². The van der Waals surface area contributed by atoms with Gasteiger partial charge in [-0.25, -0.2) is 19.9 Å². The van der Waals surface area contributed by atoms with Crippen molar-refractivity contribution in [2.45, 2.75) is 0 Å². The lowest BCUT2D eigenvalue weighted by molar-refractivity contribution is 0.673. The van der Waals surface area contributed by atoms with E-state index in [4.69, 9.17) is 24.4 Å². The summed E-state index contributed by atoms with van der Waals surface area (Å²) in [5.74, 6) is 1.34. The van der Waals surface area contributed by atoms with Crippen LogP contribution in [0.15, 0.2) is 417 Å². The molecular formula is C114H68N8OS2. The summed E-state index contributed by atoms with van der Waals surface area (Å²) < 4.78 is 21.2. The van der Waals surface area contributed by atoms with Crippen molar-refractivity contribution >= 4 is 216 Å². The number of fused-ring (bicyclic) bond motifs is 31. The Balaban J connectivity index is 0.000000100. The van der Waals surface area contributed by atoms with E-state index in [0.717, 1.165) is 110 Å². The van der Waals surface area contributed by atoms with E-state index in [-0.39, 0.29) is 0 Å². The maximum Gasteiger partial charge on any atom is 0.235 e. The Morgan fingerprint density at radius 3 is 1.16 bits per heavy atom. The quantitative estimate of drug-likeness (QED) is 0.159. The fourth-order valence-corrected chi connectivity index (χ4v) is 22.2. The third kappa shape index (κ3) is 11.0. The van der Waals surface area contributed by atoms with Crippen molar-refractivity contribution < 1.29 is 4.42 Å². The second-order valence-corrected chi connectivity index (χ2v) is 34.3. The summed E-state index contributed by atoms with van der Waals surface area (Å²) >= 11 is 3.75. The molecule has 0 spiro atoms. The zero-order valence-corrected chi connectivity index (χ0v) is 68.7. The second-order valence-electron chi connectivity index (χ2n) is 32.1. The van der Waals surface area contributed by atoms with Crippen LogP contribution >= 0.6 is 22.7 Å². The number of benzene rings is 19. The number of furan rings is 1. The summed E-state index contributed by atoms with van der Waals surface area (Å²) in [5.41, 5.74) is 21.8. The summed E-state index contributed by atoms with van der Waals surface area (Å²) in [5, 5.41) is 24.1. The molecule has 11 heteroatoms. The summed E-state index contributed by atoms with van der Waals surface area (Å²) in [4.78, 5) is 20.9. The molecule has 9 heterocycles. The zero-order chi connectivity index (χ0) is 81.9.